The summed E-state index contributed by atoms with van der Waals surface area (Å²) in [5.41, 5.74) is 2.61. The van der Waals surface area contributed by atoms with E-state index in [4.69, 9.17) is 14.7 Å². The van der Waals surface area contributed by atoms with E-state index in [1.165, 1.54) is 0 Å². The molecule has 2 aromatic carbocycles. The molecule has 6 nitrogen and oxygen atoms in total. The first-order valence-corrected chi connectivity index (χ1v) is 8.67. The van der Waals surface area contributed by atoms with Gasteiger partial charge in [-0.05, 0) is 43.2 Å². The number of nitrogens with zero attached hydrogens (tertiary/aromatic N) is 1. The Hall–Kier alpha value is -3.33. The second-order valence-electron chi connectivity index (χ2n) is 6.01. The molecule has 1 N–H and O–H groups in total. The van der Waals surface area contributed by atoms with Crippen LogP contribution in [0.1, 0.15) is 24.0 Å². The van der Waals surface area contributed by atoms with Crippen molar-refractivity contribution in [3.05, 3.63) is 59.7 Å². The third kappa shape index (κ3) is 7.61. The lowest BCUT2D eigenvalue weighted by Gasteiger charge is -2.08. The zero-order valence-electron chi connectivity index (χ0n) is 15.2. The molecule has 0 heterocycles. The topological polar surface area (TPSA) is 88.4 Å². The number of hydrogen-bond donors (Lipinski definition) is 1. The van der Waals surface area contributed by atoms with Gasteiger partial charge in [0.1, 0.15) is 5.75 Å². The Morgan fingerprint density at radius 3 is 2.44 bits per heavy atom. The Kier molecular flexibility index (Phi) is 7.86. The van der Waals surface area contributed by atoms with Gasteiger partial charge in [-0.1, -0.05) is 29.8 Å². The first-order valence-electron chi connectivity index (χ1n) is 8.67. The van der Waals surface area contributed by atoms with Crippen molar-refractivity contribution in [3.8, 4) is 11.8 Å². The van der Waals surface area contributed by atoms with Crippen LogP contribution in [0.15, 0.2) is 48.5 Å². The second kappa shape index (κ2) is 10.6. The highest BCUT2D eigenvalue weighted by Gasteiger charge is 2.08. The third-order valence-electron chi connectivity index (χ3n) is 3.70. The number of rotatable bonds is 9. The minimum Gasteiger partial charge on any atom is -0.494 e. The lowest BCUT2D eigenvalue weighted by Crippen LogP contribution is -2.21. The molecule has 0 spiro atoms. The predicted molar refractivity (Wildman–Crippen MR) is 101 cm³/mol. The van der Waals surface area contributed by atoms with E-state index in [-0.39, 0.29) is 13.0 Å². The van der Waals surface area contributed by atoms with E-state index in [9.17, 15) is 9.59 Å². The van der Waals surface area contributed by atoms with Gasteiger partial charge < -0.3 is 14.8 Å². The van der Waals surface area contributed by atoms with Crippen molar-refractivity contribution in [1.82, 2.24) is 0 Å². The summed E-state index contributed by atoms with van der Waals surface area (Å²) in [6.45, 7) is 2.07. The summed E-state index contributed by atoms with van der Waals surface area (Å²) in [6.07, 6.45) is 1.01. The van der Waals surface area contributed by atoms with Crippen LogP contribution in [0.5, 0.6) is 5.75 Å². The molecule has 0 aliphatic carbocycles. The molecule has 0 radical (unpaired) electrons. The molecule has 140 valence electrons. The Morgan fingerprint density at radius 1 is 1.07 bits per heavy atom. The van der Waals surface area contributed by atoms with Crippen LogP contribution in [0.25, 0.3) is 0 Å². The molecule has 0 bridgehead atoms. The molecular formula is C21H22N2O4. The fourth-order valence-electron chi connectivity index (χ4n) is 2.25. The average Bonchev–Trinajstić information content (AvgIpc) is 2.67. The van der Waals surface area contributed by atoms with E-state index in [1.54, 1.807) is 24.3 Å². The van der Waals surface area contributed by atoms with Gasteiger partial charge in [0, 0.05) is 12.1 Å². The van der Waals surface area contributed by atoms with Gasteiger partial charge >= 0.3 is 5.97 Å². The van der Waals surface area contributed by atoms with Gasteiger partial charge in [-0.25, -0.2) is 0 Å². The van der Waals surface area contributed by atoms with Gasteiger partial charge in [0.25, 0.3) is 5.91 Å². The number of esters is 1. The number of benzene rings is 2. The van der Waals surface area contributed by atoms with Crippen LogP contribution in [0.4, 0.5) is 5.69 Å². The summed E-state index contributed by atoms with van der Waals surface area (Å²) in [5, 5.41) is 11.3. The molecular weight excluding hydrogens is 344 g/mol. The molecule has 0 aliphatic heterocycles. The van der Waals surface area contributed by atoms with Gasteiger partial charge in [0.2, 0.25) is 0 Å². The van der Waals surface area contributed by atoms with E-state index in [0.717, 1.165) is 16.9 Å². The van der Waals surface area contributed by atoms with Crippen LogP contribution in [0.2, 0.25) is 0 Å². The van der Waals surface area contributed by atoms with Gasteiger partial charge in [0.05, 0.1) is 19.1 Å². The molecule has 0 saturated heterocycles. The molecule has 0 atom stereocenters. The summed E-state index contributed by atoms with van der Waals surface area (Å²) in [4.78, 5) is 23.5. The van der Waals surface area contributed by atoms with Gasteiger partial charge in [-0.2, -0.15) is 5.26 Å². The number of carbonyl (C=O) groups is 2. The molecule has 27 heavy (non-hydrogen) atoms. The Bertz CT molecular complexity index is 792. The van der Waals surface area contributed by atoms with E-state index in [2.05, 4.69) is 11.4 Å². The molecule has 2 aromatic rings. The van der Waals surface area contributed by atoms with Crippen LogP contribution in [0, 0.1) is 18.3 Å². The number of anilines is 1. The molecule has 0 saturated carbocycles. The van der Waals surface area contributed by atoms with Crippen molar-refractivity contribution in [3.63, 3.8) is 0 Å². The highest BCUT2D eigenvalue weighted by Crippen LogP contribution is 2.12. The zero-order chi connectivity index (χ0) is 19.5. The van der Waals surface area contributed by atoms with Crippen molar-refractivity contribution in [2.24, 2.45) is 0 Å². The second-order valence-corrected chi connectivity index (χ2v) is 6.01. The minimum absolute atomic E-state index is 0.183. The van der Waals surface area contributed by atoms with Crippen molar-refractivity contribution in [1.29, 1.82) is 5.26 Å². The molecule has 1 amide bonds. The maximum Gasteiger partial charge on any atom is 0.306 e. The third-order valence-corrected chi connectivity index (χ3v) is 3.70. The van der Waals surface area contributed by atoms with Gasteiger partial charge in [-0.15, -0.1) is 0 Å². The van der Waals surface area contributed by atoms with Crippen molar-refractivity contribution >= 4 is 17.6 Å². The van der Waals surface area contributed by atoms with Crippen LogP contribution < -0.4 is 10.1 Å². The normalized spacial score (nSPS) is 9.93. The smallest absolute Gasteiger partial charge is 0.306 e. The van der Waals surface area contributed by atoms with Crippen molar-refractivity contribution in [2.45, 2.75) is 26.2 Å². The predicted octanol–water partition coefficient (Wildman–Crippen LogP) is 3.40. The van der Waals surface area contributed by atoms with Crippen LogP contribution in [-0.2, 0) is 20.7 Å². The number of carbonyl (C=O) groups excluding carboxylic acids is 2. The molecule has 0 aliphatic rings. The summed E-state index contributed by atoms with van der Waals surface area (Å²) >= 11 is 0. The van der Waals surface area contributed by atoms with Crippen molar-refractivity contribution < 1.29 is 19.1 Å². The first kappa shape index (κ1) is 20.0. The number of amides is 1. The maximum atomic E-state index is 11.8. The zero-order valence-corrected chi connectivity index (χ0v) is 15.2. The number of nitriles is 1. The highest BCUT2D eigenvalue weighted by molar-refractivity contribution is 5.92. The number of ether oxygens (including phenoxy) is 2. The number of nitrogens with one attached hydrogen (secondary N) is 1. The van der Waals surface area contributed by atoms with Crippen LogP contribution in [-0.4, -0.2) is 25.1 Å². The van der Waals surface area contributed by atoms with E-state index in [0.29, 0.717) is 25.1 Å². The highest BCUT2D eigenvalue weighted by atomic mass is 16.5. The molecule has 0 unspecified atom stereocenters. The SMILES string of the molecule is Cc1ccc(OCCCC(=O)OCC(=O)Nc2ccc(CC#N)cc2)cc1. The van der Waals surface area contributed by atoms with Crippen LogP contribution in [0.3, 0.4) is 0 Å². The fourth-order valence-corrected chi connectivity index (χ4v) is 2.25. The molecule has 2 rings (SSSR count). The number of hydrogen-bond acceptors (Lipinski definition) is 5. The molecule has 0 fully saturated rings. The number of aryl methyl sites for hydroxylation is 1. The summed E-state index contributed by atoms with van der Waals surface area (Å²) < 4.78 is 10.5. The lowest BCUT2D eigenvalue weighted by molar-refractivity contribution is -0.147. The van der Waals surface area contributed by atoms with Crippen LogP contribution >= 0.6 is 0 Å². The summed E-state index contributed by atoms with van der Waals surface area (Å²) in [6, 6.07) is 16.7. The monoisotopic (exact) mass is 366 g/mol. The quantitative estimate of drug-likeness (QED) is 0.543. The standard InChI is InChI=1S/C21H22N2O4/c1-16-4-10-19(11-5-16)26-14-2-3-21(25)27-15-20(24)23-18-8-6-17(7-9-18)12-13-22/h4-11H,2-3,12,14-15H2,1H3,(H,23,24). The fraction of sp³-hybridized carbons (Fsp3) is 0.286. The van der Waals surface area contributed by atoms with E-state index in [1.807, 2.05) is 31.2 Å². The Labute approximate surface area is 158 Å². The summed E-state index contributed by atoms with van der Waals surface area (Å²) in [5.74, 6) is -0.0940. The minimum atomic E-state index is -0.443. The van der Waals surface area contributed by atoms with Gasteiger partial charge in [-0.3, -0.25) is 9.59 Å². The van der Waals surface area contributed by atoms with E-state index < -0.39 is 11.9 Å². The van der Waals surface area contributed by atoms with E-state index >= 15 is 0 Å². The van der Waals surface area contributed by atoms with Crippen molar-refractivity contribution in [2.75, 3.05) is 18.5 Å². The maximum absolute atomic E-state index is 11.8. The Balaban J connectivity index is 1.61. The first-order chi connectivity index (χ1) is 13.1. The molecule has 6 heteroatoms. The lowest BCUT2D eigenvalue weighted by atomic mass is 10.1. The molecule has 0 aromatic heterocycles. The Morgan fingerprint density at radius 2 is 1.78 bits per heavy atom. The van der Waals surface area contributed by atoms with Gasteiger partial charge in [0.15, 0.2) is 6.61 Å². The largest absolute Gasteiger partial charge is 0.494 e. The average molecular weight is 366 g/mol. The summed E-state index contributed by atoms with van der Waals surface area (Å²) in [7, 11) is 0.